The lowest BCUT2D eigenvalue weighted by Crippen LogP contribution is -1.93. The first-order chi connectivity index (χ1) is 5.38. The Labute approximate surface area is 66.0 Å². The van der Waals surface area contributed by atoms with Gasteiger partial charge in [0.15, 0.2) is 0 Å². The Kier molecular flexibility index (Phi) is 2.51. The van der Waals surface area contributed by atoms with E-state index in [-0.39, 0.29) is 0 Å². The van der Waals surface area contributed by atoms with Crippen LogP contribution in [-0.4, -0.2) is 6.61 Å². The van der Waals surface area contributed by atoms with Crippen LogP contribution in [0.15, 0.2) is 18.2 Å². The van der Waals surface area contributed by atoms with Gasteiger partial charge in [-0.25, -0.2) is 0 Å². The van der Waals surface area contributed by atoms with Crippen molar-refractivity contribution in [2.75, 3.05) is 6.61 Å². The van der Waals surface area contributed by atoms with E-state index in [2.05, 4.69) is 6.07 Å². The van der Waals surface area contributed by atoms with Crippen molar-refractivity contribution in [3.05, 3.63) is 29.8 Å². The number of rotatable bonds is 2. The van der Waals surface area contributed by atoms with E-state index < -0.39 is 0 Å². The van der Waals surface area contributed by atoms with Crippen LogP contribution in [0.2, 0.25) is 0 Å². The average Bonchev–Trinajstić information content (AvgIpc) is 2.06. The van der Waals surface area contributed by atoms with Crippen LogP contribution in [0.1, 0.15) is 12.5 Å². The van der Waals surface area contributed by atoms with Crippen LogP contribution in [0.3, 0.4) is 0 Å². The lowest BCUT2D eigenvalue weighted by molar-refractivity contribution is 0.339. The Balaban J connectivity index is 2.95. The first-order valence-corrected chi connectivity index (χ1v) is 3.41. The third-order valence-electron chi connectivity index (χ3n) is 1.24. The number of ether oxygens (including phenoxy) is 1. The Hall–Kier alpha value is -1.49. The van der Waals surface area contributed by atoms with Crippen LogP contribution < -0.4 is 4.74 Å². The van der Waals surface area contributed by atoms with Gasteiger partial charge in [-0.2, -0.15) is 5.26 Å². The first kappa shape index (κ1) is 7.62. The van der Waals surface area contributed by atoms with E-state index in [0.29, 0.717) is 17.9 Å². The van der Waals surface area contributed by atoms with Gasteiger partial charge in [0.25, 0.3) is 0 Å². The third kappa shape index (κ3) is 1.71. The van der Waals surface area contributed by atoms with E-state index in [1.165, 1.54) is 0 Å². The van der Waals surface area contributed by atoms with Crippen LogP contribution in [-0.2, 0) is 0 Å². The molecule has 0 spiro atoms. The zero-order valence-corrected chi connectivity index (χ0v) is 6.29. The summed E-state index contributed by atoms with van der Waals surface area (Å²) in [6.07, 6.45) is 0. The molecule has 0 aliphatic carbocycles. The number of benzene rings is 1. The van der Waals surface area contributed by atoms with Crippen molar-refractivity contribution in [3.8, 4) is 11.8 Å². The summed E-state index contributed by atoms with van der Waals surface area (Å²) in [6, 6.07) is 9.91. The van der Waals surface area contributed by atoms with Gasteiger partial charge in [-0.1, -0.05) is 6.07 Å². The largest absolute Gasteiger partial charge is 0.492 e. The molecule has 2 nitrogen and oxygen atoms in total. The van der Waals surface area contributed by atoms with Crippen LogP contribution >= 0.6 is 0 Å². The molecule has 11 heavy (non-hydrogen) atoms. The minimum atomic E-state index is 0.536. The molecule has 0 aliphatic rings. The molecule has 1 radical (unpaired) electrons. The van der Waals surface area contributed by atoms with Crippen LogP contribution in [0.4, 0.5) is 0 Å². The highest BCUT2D eigenvalue weighted by atomic mass is 16.5. The number of nitriles is 1. The quantitative estimate of drug-likeness (QED) is 0.636. The Morgan fingerprint density at radius 2 is 2.55 bits per heavy atom. The van der Waals surface area contributed by atoms with E-state index in [1.807, 2.05) is 13.0 Å². The fourth-order valence-corrected chi connectivity index (χ4v) is 0.785. The molecule has 0 fully saturated rings. The van der Waals surface area contributed by atoms with Gasteiger partial charge in [-0.05, 0) is 25.1 Å². The number of nitrogens with zero attached hydrogens (tertiary/aromatic N) is 1. The maximum atomic E-state index is 8.60. The highest BCUT2D eigenvalue weighted by molar-refractivity contribution is 5.41. The molecule has 1 rings (SSSR count). The van der Waals surface area contributed by atoms with Gasteiger partial charge < -0.3 is 4.74 Å². The lowest BCUT2D eigenvalue weighted by Gasteiger charge is -2.02. The molecule has 0 aromatic heterocycles. The predicted molar refractivity (Wildman–Crippen MR) is 41.2 cm³/mol. The normalized spacial score (nSPS) is 8.73. The highest BCUT2D eigenvalue weighted by Gasteiger charge is 1.98. The molecule has 55 valence electrons. The van der Waals surface area contributed by atoms with E-state index >= 15 is 0 Å². The number of hydrogen-bond donors (Lipinski definition) is 0. The second-order valence-electron chi connectivity index (χ2n) is 1.97. The van der Waals surface area contributed by atoms with Gasteiger partial charge in [-0.15, -0.1) is 0 Å². The monoisotopic (exact) mass is 146 g/mol. The Morgan fingerprint density at radius 3 is 3.18 bits per heavy atom. The van der Waals surface area contributed by atoms with Crippen LogP contribution in [0.25, 0.3) is 0 Å². The predicted octanol–water partition coefficient (Wildman–Crippen LogP) is 1.76. The molecular weight excluding hydrogens is 138 g/mol. The van der Waals surface area contributed by atoms with Crippen molar-refractivity contribution in [2.45, 2.75) is 6.92 Å². The summed E-state index contributed by atoms with van der Waals surface area (Å²) in [7, 11) is 0. The van der Waals surface area contributed by atoms with Crippen molar-refractivity contribution in [1.29, 1.82) is 5.26 Å². The van der Waals surface area contributed by atoms with E-state index in [4.69, 9.17) is 10.00 Å². The minimum Gasteiger partial charge on any atom is -0.492 e. The summed E-state index contributed by atoms with van der Waals surface area (Å²) in [5.41, 5.74) is 0.536. The standard InChI is InChI=1S/C9H8NO/c1-2-11-9-6-4-3-5-8(9)7-10/h4-6H,2H2,1H3. The average molecular weight is 146 g/mol. The molecule has 0 aliphatic heterocycles. The molecule has 1 aromatic carbocycles. The molecule has 0 amide bonds. The van der Waals surface area contributed by atoms with Gasteiger partial charge in [-0.3, -0.25) is 0 Å². The van der Waals surface area contributed by atoms with E-state index in [9.17, 15) is 0 Å². The molecule has 0 saturated heterocycles. The lowest BCUT2D eigenvalue weighted by atomic mass is 10.2. The summed E-state index contributed by atoms with van der Waals surface area (Å²) in [6.45, 7) is 2.47. The number of hydrogen-bond acceptors (Lipinski definition) is 2. The van der Waals surface area contributed by atoms with Crippen molar-refractivity contribution in [1.82, 2.24) is 0 Å². The Morgan fingerprint density at radius 1 is 1.73 bits per heavy atom. The van der Waals surface area contributed by atoms with Gasteiger partial charge in [0.05, 0.1) is 12.2 Å². The van der Waals surface area contributed by atoms with E-state index in [1.54, 1.807) is 18.2 Å². The SMILES string of the molecule is CCOc1cc[c]cc1C#N. The van der Waals surface area contributed by atoms with Crippen molar-refractivity contribution < 1.29 is 4.74 Å². The minimum absolute atomic E-state index is 0.536. The van der Waals surface area contributed by atoms with E-state index in [0.717, 1.165) is 0 Å². The van der Waals surface area contributed by atoms with Crippen molar-refractivity contribution >= 4 is 0 Å². The summed E-state index contributed by atoms with van der Waals surface area (Å²) in [5.74, 6) is 0.633. The maximum absolute atomic E-state index is 8.60. The molecule has 2 heteroatoms. The third-order valence-corrected chi connectivity index (χ3v) is 1.24. The van der Waals surface area contributed by atoms with Crippen molar-refractivity contribution in [2.24, 2.45) is 0 Å². The summed E-state index contributed by atoms with van der Waals surface area (Å²) in [5, 5.41) is 8.60. The molecule has 0 bridgehead atoms. The molecule has 0 atom stereocenters. The summed E-state index contributed by atoms with van der Waals surface area (Å²) >= 11 is 0. The molecule has 0 N–H and O–H groups in total. The summed E-state index contributed by atoms with van der Waals surface area (Å²) < 4.78 is 5.19. The fraction of sp³-hybridized carbons (Fsp3) is 0.222. The molecule has 0 unspecified atom stereocenters. The van der Waals surface area contributed by atoms with Gasteiger partial charge >= 0.3 is 0 Å². The van der Waals surface area contributed by atoms with Gasteiger partial charge in [0.1, 0.15) is 11.8 Å². The van der Waals surface area contributed by atoms with Crippen LogP contribution in [0.5, 0.6) is 5.75 Å². The topological polar surface area (TPSA) is 33.0 Å². The first-order valence-electron chi connectivity index (χ1n) is 3.41. The second-order valence-corrected chi connectivity index (χ2v) is 1.97. The van der Waals surface area contributed by atoms with Crippen LogP contribution in [0, 0.1) is 17.4 Å². The van der Waals surface area contributed by atoms with Gasteiger partial charge in [0.2, 0.25) is 0 Å². The van der Waals surface area contributed by atoms with Crippen molar-refractivity contribution in [3.63, 3.8) is 0 Å². The second kappa shape index (κ2) is 3.62. The molecular formula is C9H8NO. The maximum Gasteiger partial charge on any atom is 0.137 e. The molecule has 0 saturated carbocycles. The Bertz CT molecular complexity index is 275. The van der Waals surface area contributed by atoms with Gasteiger partial charge in [0, 0.05) is 0 Å². The zero-order chi connectivity index (χ0) is 8.10. The zero-order valence-electron chi connectivity index (χ0n) is 6.29. The molecule has 1 aromatic rings. The highest BCUT2D eigenvalue weighted by Crippen LogP contribution is 2.15. The fourth-order valence-electron chi connectivity index (χ4n) is 0.785. The summed E-state index contributed by atoms with van der Waals surface area (Å²) in [4.78, 5) is 0. The molecule has 0 heterocycles. The smallest absolute Gasteiger partial charge is 0.137 e.